The maximum absolute atomic E-state index is 12.3. The third-order valence-electron chi connectivity index (χ3n) is 3.27. The predicted molar refractivity (Wildman–Crippen MR) is 87.4 cm³/mol. The van der Waals surface area contributed by atoms with Crippen molar-refractivity contribution in [2.75, 3.05) is 0 Å². The van der Waals surface area contributed by atoms with Gasteiger partial charge in [0.25, 0.3) is 11.8 Å². The molecule has 5 heteroatoms. The van der Waals surface area contributed by atoms with E-state index in [1.165, 1.54) is 11.3 Å². The highest BCUT2D eigenvalue weighted by atomic mass is 32.1. The average molecular weight is 312 g/mol. The van der Waals surface area contributed by atoms with Crippen molar-refractivity contribution in [2.45, 2.75) is 18.9 Å². The van der Waals surface area contributed by atoms with Gasteiger partial charge >= 0.3 is 0 Å². The number of rotatable bonds is 5. The summed E-state index contributed by atoms with van der Waals surface area (Å²) >= 11 is 1.52. The fraction of sp³-hybridized carbons (Fsp3) is 0.176. The summed E-state index contributed by atoms with van der Waals surface area (Å²) in [5, 5.41) is 7.56. The summed E-state index contributed by atoms with van der Waals surface area (Å²) in [5.41, 5.74) is 0.807. The molecule has 0 unspecified atom stereocenters. The number of thiophene rings is 1. The molecule has 0 aliphatic heterocycles. The third kappa shape index (κ3) is 3.83. The molecule has 4 nitrogen and oxygen atoms in total. The van der Waals surface area contributed by atoms with Crippen molar-refractivity contribution >= 4 is 29.2 Å². The van der Waals surface area contributed by atoms with Crippen LogP contribution in [-0.4, -0.2) is 17.9 Å². The Bertz CT molecular complexity index is 689. The van der Waals surface area contributed by atoms with Gasteiger partial charge in [0.1, 0.15) is 5.70 Å². The molecular formula is C17H16N2O2S. The highest BCUT2D eigenvalue weighted by molar-refractivity contribution is 7.10. The third-order valence-corrected chi connectivity index (χ3v) is 4.09. The highest BCUT2D eigenvalue weighted by Crippen LogP contribution is 2.20. The van der Waals surface area contributed by atoms with Crippen LogP contribution in [0.1, 0.15) is 28.1 Å². The van der Waals surface area contributed by atoms with Crippen molar-refractivity contribution in [3.8, 4) is 0 Å². The zero-order valence-corrected chi connectivity index (χ0v) is 12.7. The van der Waals surface area contributed by atoms with Crippen molar-refractivity contribution in [1.29, 1.82) is 0 Å². The number of benzene rings is 1. The van der Waals surface area contributed by atoms with Crippen molar-refractivity contribution < 1.29 is 9.59 Å². The molecule has 0 atom stereocenters. The lowest BCUT2D eigenvalue weighted by Crippen LogP contribution is -2.35. The van der Waals surface area contributed by atoms with Gasteiger partial charge in [-0.3, -0.25) is 9.59 Å². The van der Waals surface area contributed by atoms with Crippen molar-refractivity contribution in [2.24, 2.45) is 0 Å². The zero-order valence-electron chi connectivity index (χ0n) is 11.9. The Morgan fingerprint density at radius 3 is 2.50 bits per heavy atom. The number of hydrogen-bond donors (Lipinski definition) is 2. The van der Waals surface area contributed by atoms with Gasteiger partial charge in [0.15, 0.2) is 0 Å². The molecule has 1 heterocycles. The lowest BCUT2D eigenvalue weighted by atomic mass is 10.2. The topological polar surface area (TPSA) is 58.2 Å². The monoisotopic (exact) mass is 312 g/mol. The largest absolute Gasteiger partial charge is 0.348 e. The van der Waals surface area contributed by atoms with Gasteiger partial charge in [0.05, 0.1) is 0 Å². The van der Waals surface area contributed by atoms with Crippen LogP contribution >= 0.6 is 11.3 Å². The summed E-state index contributed by atoms with van der Waals surface area (Å²) in [6, 6.07) is 12.9. The van der Waals surface area contributed by atoms with E-state index in [2.05, 4.69) is 10.6 Å². The van der Waals surface area contributed by atoms with E-state index in [0.29, 0.717) is 5.56 Å². The van der Waals surface area contributed by atoms with Crippen LogP contribution in [0.3, 0.4) is 0 Å². The second-order valence-corrected chi connectivity index (χ2v) is 6.12. The predicted octanol–water partition coefficient (Wildman–Crippen LogP) is 2.80. The zero-order chi connectivity index (χ0) is 15.4. The molecule has 1 aromatic carbocycles. The summed E-state index contributed by atoms with van der Waals surface area (Å²) < 4.78 is 0. The molecule has 2 amide bonds. The molecule has 22 heavy (non-hydrogen) atoms. The van der Waals surface area contributed by atoms with Gasteiger partial charge in [0, 0.05) is 16.5 Å². The minimum atomic E-state index is -0.283. The van der Waals surface area contributed by atoms with E-state index in [9.17, 15) is 9.59 Å². The molecule has 0 saturated heterocycles. The van der Waals surface area contributed by atoms with Gasteiger partial charge in [0.2, 0.25) is 0 Å². The van der Waals surface area contributed by atoms with Gasteiger partial charge in [-0.1, -0.05) is 24.3 Å². The van der Waals surface area contributed by atoms with Crippen molar-refractivity contribution in [3.05, 3.63) is 64.0 Å². The Hall–Kier alpha value is -2.40. The van der Waals surface area contributed by atoms with Crippen LogP contribution in [0, 0.1) is 0 Å². The van der Waals surface area contributed by atoms with Gasteiger partial charge in [-0.05, 0) is 42.5 Å². The summed E-state index contributed by atoms with van der Waals surface area (Å²) in [6.45, 7) is 0. The smallest absolute Gasteiger partial charge is 0.268 e. The van der Waals surface area contributed by atoms with Gasteiger partial charge < -0.3 is 10.6 Å². The Kier molecular flexibility index (Phi) is 4.34. The second-order valence-electron chi connectivity index (χ2n) is 5.14. The first-order valence-electron chi connectivity index (χ1n) is 7.15. The van der Waals surface area contributed by atoms with Crippen LogP contribution < -0.4 is 10.6 Å². The number of carbonyl (C=O) groups is 2. The first-order valence-corrected chi connectivity index (χ1v) is 8.03. The molecule has 2 N–H and O–H groups in total. The van der Waals surface area contributed by atoms with Crippen LogP contribution in [0.4, 0.5) is 0 Å². The molecule has 1 aliphatic carbocycles. The summed E-state index contributed by atoms with van der Waals surface area (Å²) in [4.78, 5) is 25.5. The van der Waals surface area contributed by atoms with Gasteiger partial charge in [-0.2, -0.15) is 0 Å². The fourth-order valence-corrected chi connectivity index (χ4v) is 2.61. The SMILES string of the molecule is O=C(NC1CC1)/C(=C/c1cccs1)NC(=O)c1ccccc1. The molecule has 1 aliphatic rings. The maximum atomic E-state index is 12.3. The van der Waals surface area contributed by atoms with Crippen molar-refractivity contribution in [3.63, 3.8) is 0 Å². The highest BCUT2D eigenvalue weighted by Gasteiger charge is 2.25. The lowest BCUT2D eigenvalue weighted by molar-refractivity contribution is -0.117. The minimum Gasteiger partial charge on any atom is -0.348 e. The normalized spacial score (nSPS) is 14.5. The second kappa shape index (κ2) is 6.58. The number of hydrogen-bond acceptors (Lipinski definition) is 3. The van der Waals surface area contributed by atoms with E-state index in [0.717, 1.165) is 17.7 Å². The fourth-order valence-electron chi connectivity index (χ4n) is 1.95. The number of amides is 2. The molecule has 3 rings (SSSR count). The van der Waals surface area contributed by atoms with Gasteiger partial charge in [-0.25, -0.2) is 0 Å². The van der Waals surface area contributed by atoms with Crippen LogP contribution in [0.5, 0.6) is 0 Å². The molecule has 0 radical (unpaired) electrons. The van der Waals surface area contributed by atoms with Crippen molar-refractivity contribution in [1.82, 2.24) is 10.6 Å². The van der Waals surface area contributed by atoms with E-state index in [1.54, 1.807) is 30.3 Å². The molecule has 1 saturated carbocycles. The minimum absolute atomic E-state index is 0.236. The number of nitrogens with one attached hydrogen (secondary N) is 2. The quantitative estimate of drug-likeness (QED) is 0.834. The Morgan fingerprint density at radius 2 is 1.86 bits per heavy atom. The molecule has 112 valence electrons. The molecule has 0 spiro atoms. The Morgan fingerprint density at radius 1 is 1.09 bits per heavy atom. The van der Waals surface area contributed by atoms with Crippen LogP contribution in [-0.2, 0) is 4.79 Å². The molecule has 1 fully saturated rings. The summed E-state index contributed by atoms with van der Waals surface area (Å²) in [5.74, 6) is -0.519. The molecule has 2 aromatic rings. The van der Waals surface area contributed by atoms with Crippen LogP contribution in [0.25, 0.3) is 6.08 Å². The first kappa shape index (κ1) is 14.5. The average Bonchev–Trinajstić information content (AvgIpc) is 3.20. The summed E-state index contributed by atoms with van der Waals surface area (Å²) in [7, 11) is 0. The maximum Gasteiger partial charge on any atom is 0.268 e. The van der Waals surface area contributed by atoms with E-state index in [4.69, 9.17) is 0 Å². The van der Waals surface area contributed by atoms with Crippen LogP contribution in [0.2, 0.25) is 0 Å². The van der Waals surface area contributed by atoms with E-state index < -0.39 is 0 Å². The van der Waals surface area contributed by atoms with E-state index in [1.807, 2.05) is 23.6 Å². The molecular weight excluding hydrogens is 296 g/mol. The van der Waals surface area contributed by atoms with E-state index in [-0.39, 0.29) is 23.6 Å². The molecule has 0 bridgehead atoms. The van der Waals surface area contributed by atoms with Crippen LogP contribution in [0.15, 0.2) is 53.5 Å². The van der Waals surface area contributed by atoms with E-state index >= 15 is 0 Å². The standard InChI is InChI=1S/C17H16N2O2S/c20-16(12-5-2-1-3-6-12)19-15(11-14-7-4-10-22-14)17(21)18-13-8-9-13/h1-7,10-11,13H,8-9H2,(H,18,21)(H,19,20)/b15-11-. The first-order chi connectivity index (χ1) is 10.7. The lowest BCUT2D eigenvalue weighted by Gasteiger charge is -2.10. The Balaban J connectivity index is 1.78. The van der Waals surface area contributed by atoms with Gasteiger partial charge in [-0.15, -0.1) is 11.3 Å². The molecule has 1 aromatic heterocycles. The number of carbonyl (C=O) groups excluding carboxylic acids is 2. The Labute approximate surface area is 132 Å². The summed E-state index contributed by atoms with van der Waals surface area (Å²) in [6.07, 6.45) is 3.72.